The normalized spacial score (nSPS) is 10.6. The van der Waals surface area contributed by atoms with E-state index >= 15 is 0 Å². The van der Waals surface area contributed by atoms with Crippen LogP contribution in [-0.4, -0.2) is 21.1 Å². The second-order valence-corrected chi connectivity index (χ2v) is 5.29. The van der Waals surface area contributed by atoms with Crippen LogP contribution in [-0.2, 0) is 6.54 Å². The first kappa shape index (κ1) is 16.0. The molecule has 0 fully saturated rings. The molecule has 0 aliphatic heterocycles. The second-order valence-electron chi connectivity index (χ2n) is 5.29. The van der Waals surface area contributed by atoms with Crippen molar-refractivity contribution in [1.29, 1.82) is 0 Å². The van der Waals surface area contributed by atoms with Gasteiger partial charge in [-0.25, -0.2) is 4.98 Å². The molecule has 0 aliphatic rings. The number of aromatic nitrogens is 2. The van der Waals surface area contributed by atoms with E-state index in [4.69, 9.17) is 4.74 Å². The molecule has 1 aromatic heterocycles. The lowest BCUT2D eigenvalue weighted by Crippen LogP contribution is -2.01. The average Bonchev–Trinajstić information content (AvgIpc) is 3.00. The molecular weight excluding hydrogens is 282 g/mol. The van der Waals surface area contributed by atoms with Crippen LogP contribution in [0.5, 0.6) is 5.75 Å². The van der Waals surface area contributed by atoms with Crippen molar-refractivity contribution in [2.24, 2.45) is 0 Å². The van der Waals surface area contributed by atoms with Crippen molar-refractivity contribution in [2.75, 3.05) is 6.61 Å². The molecule has 22 heavy (non-hydrogen) atoms. The summed E-state index contributed by atoms with van der Waals surface area (Å²) in [6.07, 6.45) is 9.71. The van der Waals surface area contributed by atoms with E-state index in [-0.39, 0.29) is 5.69 Å². The quantitative estimate of drug-likeness (QED) is 0.402. The van der Waals surface area contributed by atoms with Gasteiger partial charge in [-0.1, -0.05) is 18.9 Å². The number of hydrogen-bond acceptors (Lipinski definition) is 4. The molecule has 0 radical (unpaired) electrons. The standard InChI is InChI=1S/C16H21N3O3/c1-14-6-7-16(15(12-14)19(20)21)22-11-5-3-2-4-9-18-10-8-17-13-18/h6-8,10,12-13H,2-5,9,11H2,1H3. The van der Waals surface area contributed by atoms with Crippen LogP contribution in [0.15, 0.2) is 36.9 Å². The predicted molar refractivity (Wildman–Crippen MR) is 84.0 cm³/mol. The Morgan fingerprint density at radius 1 is 1.27 bits per heavy atom. The molecule has 0 spiro atoms. The minimum Gasteiger partial charge on any atom is -0.487 e. The number of hydrogen-bond donors (Lipinski definition) is 0. The van der Waals surface area contributed by atoms with Crippen molar-refractivity contribution in [3.05, 3.63) is 52.6 Å². The van der Waals surface area contributed by atoms with E-state index in [0.29, 0.717) is 12.4 Å². The SMILES string of the molecule is Cc1ccc(OCCCCCCn2ccnc2)c([N+](=O)[O-])c1. The second kappa shape index (κ2) is 8.17. The molecule has 0 unspecified atom stereocenters. The summed E-state index contributed by atoms with van der Waals surface area (Å²) in [6, 6.07) is 5.04. The molecule has 0 bridgehead atoms. The molecule has 0 N–H and O–H groups in total. The Morgan fingerprint density at radius 2 is 2.09 bits per heavy atom. The predicted octanol–water partition coefficient (Wildman–Crippen LogP) is 3.74. The number of rotatable bonds is 9. The van der Waals surface area contributed by atoms with Gasteiger partial charge in [0.2, 0.25) is 0 Å². The van der Waals surface area contributed by atoms with Crippen molar-refractivity contribution in [1.82, 2.24) is 9.55 Å². The van der Waals surface area contributed by atoms with Gasteiger partial charge < -0.3 is 9.30 Å². The Kier molecular flexibility index (Phi) is 5.94. The summed E-state index contributed by atoms with van der Waals surface area (Å²) in [6.45, 7) is 3.32. The minimum absolute atomic E-state index is 0.0418. The summed E-state index contributed by atoms with van der Waals surface area (Å²) in [5.41, 5.74) is 0.902. The highest BCUT2D eigenvalue weighted by atomic mass is 16.6. The van der Waals surface area contributed by atoms with Crippen molar-refractivity contribution in [3.8, 4) is 5.75 Å². The number of imidazole rings is 1. The molecule has 6 nitrogen and oxygen atoms in total. The highest BCUT2D eigenvalue weighted by Crippen LogP contribution is 2.27. The van der Waals surface area contributed by atoms with E-state index in [0.717, 1.165) is 37.8 Å². The first-order valence-electron chi connectivity index (χ1n) is 7.50. The first-order valence-corrected chi connectivity index (χ1v) is 7.50. The Bertz CT molecular complexity index is 597. The van der Waals surface area contributed by atoms with Crippen LogP contribution in [0.25, 0.3) is 0 Å². The molecule has 0 aliphatic carbocycles. The van der Waals surface area contributed by atoms with Gasteiger partial charge in [-0.05, 0) is 31.4 Å². The molecule has 2 aromatic rings. The minimum atomic E-state index is -0.395. The molecular formula is C16H21N3O3. The number of nitrogens with zero attached hydrogens (tertiary/aromatic N) is 3. The van der Waals surface area contributed by atoms with Gasteiger partial charge in [0.25, 0.3) is 0 Å². The number of ether oxygens (including phenoxy) is 1. The molecule has 2 rings (SSSR count). The van der Waals surface area contributed by atoms with E-state index in [1.165, 1.54) is 0 Å². The summed E-state index contributed by atoms with van der Waals surface area (Å²) in [7, 11) is 0. The number of nitro benzene ring substituents is 1. The molecule has 0 atom stereocenters. The summed E-state index contributed by atoms with van der Waals surface area (Å²) in [5.74, 6) is 0.356. The largest absolute Gasteiger partial charge is 0.487 e. The average molecular weight is 303 g/mol. The third kappa shape index (κ3) is 4.87. The smallest absolute Gasteiger partial charge is 0.311 e. The van der Waals surface area contributed by atoms with E-state index < -0.39 is 4.92 Å². The highest BCUT2D eigenvalue weighted by molar-refractivity contribution is 5.48. The van der Waals surface area contributed by atoms with Crippen LogP contribution in [0, 0.1) is 17.0 Å². The lowest BCUT2D eigenvalue weighted by molar-refractivity contribution is -0.385. The fraction of sp³-hybridized carbons (Fsp3) is 0.438. The van der Waals surface area contributed by atoms with Gasteiger partial charge in [-0.15, -0.1) is 0 Å². The van der Waals surface area contributed by atoms with Crippen molar-refractivity contribution < 1.29 is 9.66 Å². The Labute approximate surface area is 129 Å². The van der Waals surface area contributed by atoms with Crippen molar-refractivity contribution >= 4 is 5.69 Å². The van der Waals surface area contributed by atoms with Crippen molar-refractivity contribution in [3.63, 3.8) is 0 Å². The molecule has 1 aromatic carbocycles. The third-order valence-corrected chi connectivity index (χ3v) is 3.44. The zero-order valence-electron chi connectivity index (χ0n) is 12.8. The van der Waals surface area contributed by atoms with E-state index in [9.17, 15) is 10.1 Å². The zero-order valence-corrected chi connectivity index (χ0v) is 12.8. The monoisotopic (exact) mass is 303 g/mol. The first-order chi connectivity index (χ1) is 10.7. The molecule has 6 heteroatoms. The molecule has 0 saturated heterocycles. The summed E-state index contributed by atoms with van der Waals surface area (Å²) < 4.78 is 7.61. The van der Waals surface area contributed by atoms with Gasteiger partial charge in [0, 0.05) is 25.0 Å². The van der Waals surface area contributed by atoms with Crippen LogP contribution < -0.4 is 4.74 Å². The highest BCUT2D eigenvalue weighted by Gasteiger charge is 2.14. The lowest BCUT2D eigenvalue weighted by Gasteiger charge is -2.07. The lowest BCUT2D eigenvalue weighted by atomic mass is 10.2. The van der Waals surface area contributed by atoms with Crippen LogP contribution in [0.2, 0.25) is 0 Å². The summed E-state index contributed by atoms with van der Waals surface area (Å²) in [5, 5.41) is 11.0. The van der Waals surface area contributed by atoms with Crippen LogP contribution in [0.4, 0.5) is 5.69 Å². The molecule has 1 heterocycles. The molecule has 118 valence electrons. The number of unbranched alkanes of at least 4 members (excludes halogenated alkanes) is 3. The molecule has 0 amide bonds. The van der Waals surface area contributed by atoms with Gasteiger partial charge in [0.15, 0.2) is 5.75 Å². The summed E-state index contributed by atoms with van der Waals surface area (Å²) in [4.78, 5) is 14.6. The third-order valence-electron chi connectivity index (χ3n) is 3.44. The van der Waals surface area contributed by atoms with Gasteiger partial charge in [-0.2, -0.15) is 0 Å². The maximum Gasteiger partial charge on any atom is 0.311 e. The maximum atomic E-state index is 11.0. The number of nitro groups is 1. The Morgan fingerprint density at radius 3 is 2.82 bits per heavy atom. The van der Waals surface area contributed by atoms with Gasteiger partial charge in [0.1, 0.15) is 0 Å². The van der Waals surface area contributed by atoms with Gasteiger partial charge >= 0.3 is 5.69 Å². The van der Waals surface area contributed by atoms with Gasteiger partial charge in [-0.3, -0.25) is 10.1 Å². The van der Waals surface area contributed by atoms with Gasteiger partial charge in [0.05, 0.1) is 17.9 Å². The Balaban J connectivity index is 1.65. The van der Waals surface area contributed by atoms with Crippen LogP contribution in [0.3, 0.4) is 0 Å². The summed E-state index contributed by atoms with van der Waals surface area (Å²) >= 11 is 0. The van der Waals surface area contributed by atoms with E-state index in [1.807, 2.05) is 25.5 Å². The van der Waals surface area contributed by atoms with Crippen LogP contribution in [0.1, 0.15) is 31.2 Å². The number of aryl methyl sites for hydroxylation is 2. The fourth-order valence-corrected chi connectivity index (χ4v) is 2.24. The zero-order chi connectivity index (χ0) is 15.8. The van der Waals surface area contributed by atoms with E-state index in [2.05, 4.69) is 9.55 Å². The Hall–Kier alpha value is -2.37. The fourth-order valence-electron chi connectivity index (χ4n) is 2.24. The number of benzene rings is 1. The molecule has 0 saturated carbocycles. The topological polar surface area (TPSA) is 70.2 Å². The van der Waals surface area contributed by atoms with Crippen molar-refractivity contribution in [2.45, 2.75) is 39.2 Å². The maximum absolute atomic E-state index is 11.0. The van der Waals surface area contributed by atoms with Crippen LogP contribution >= 0.6 is 0 Å². The van der Waals surface area contributed by atoms with E-state index in [1.54, 1.807) is 18.3 Å².